The van der Waals surface area contributed by atoms with Gasteiger partial charge in [-0.15, -0.1) is 0 Å². The third kappa shape index (κ3) is 4.09. The van der Waals surface area contributed by atoms with Crippen LogP contribution in [0.5, 0.6) is 0 Å². The number of likely N-dealkylation sites (tertiary alicyclic amines) is 1. The van der Waals surface area contributed by atoms with Crippen molar-refractivity contribution in [3.05, 3.63) is 75.9 Å². The summed E-state index contributed by atoms with van der Waals surface area (Å²) in [6, 6.07) is 13.1. The number of carbonyl (C=O) groups is 2. The number of nitrogens with zero attached hydrogens (tertiary/aromatic N) is 1. The fraction of sp³-hybridized carbons (Fsp3) is 0.407. The van der Waals surface area contributed by atoms with Gasteiger partial charge in [-0.25, -0.2) is 0 Å². The molecule has 0 saturated carbocycles. The van der Waals surface area contributed by atoms with Gasteiger partial charge in [0.25, 0.3) is 11.7 Å². The van der Waals surface area contributed by atoms with Crippen molar-refractivity contribution >= 4 is 17.4 Å². The van der Waals surface area contributed by atoms with Crippen molar-refractivity contribution in [2.75, 3.05) is 13.2 Å². The van der Waals surface area contributed by atoms with E-state index in [9.17, 15) is 14.7 Å². The summed E-state index contributed by atoms with van der Waals surface area (Å²) in [6.45, 7) is 9.09. The number of aryl methyl sites for hydroxylation is 2. The lowest BCUT2D eigenvalue weighted by Crippen LogP contribution is -2.36. The first-order chi connectivity index (χ1) is 15.3. The highest BCUT2D eigenvalue weighted by Gasteiger charge is 2.47. The molecular weight excluding hydrogens is 402 g/mol. The standard InChI is InChI=1S/C27H31NO4/c1-16(2)19-9-11-20(12-10-19)24-23(25(29)22-14-17(3)7-8-18(22)4)26(30)27(31)28(24)15-21-6-5-13-32-21/h7-12,14,16,21,24,29H,5-6,13,15H2,1-4H3/b25-23+. The maximum absolute atomic E-state index is 13.2. The lowest BCUT2D eigenvalue weighted by atomic mass is 9.92. The summed E-state index contributed by atoms with van der Waals surface area (Å²) in [6.07, 6.45) is 1.72. The largest absolute Gasteiger partial charge is 0.507 e. The number of hydrogen-bond acceptors (Lipinski definition) is 4. The second-order valence-electron chi connectivity index (χ2n) is 9.23. The van der Waals surface area contributed by atoms with Gasteiger partial charge in [-0.3, -0.25) is 9.59 Å². The predicted molar refractivity (Wildman–Crippen MR) is 124 cm³/mol. The Kier molecular flexibility index (Phi) is 6.20. The first-order valence-electron chi connectivity index (χ1n) is 11.4. The number of benzene rings is 2. The van der Waals surface area contributed by atoms with Gasteiger partial charge in [-0.2, -0.15) is 0 Å². The summed E-state index contributed by atoms with van der Waals surface area (Å²) in [7, 11) is 0. The Labute approximate surface area is 189 Å². The van der Waals surface area contributed by atoms with Crippen LogP contribution in [-0.2, 0) is 14.3 Å². The van der Waals surface area contributed by atoms with Gasteiger partial charge in [0.15, 0.2) is 0 Å². The molecule has 168 valence electrons. The molecule has 2 saturated heterocycles. The molecule has 0 aromatic heterocycles. The van der Waals surface area contributed by atoms with Gasteiger partial charge < -0.3 is 14.7 Å². The van der Waals surface area contributed by atoms with Crippen LogP contribution in [0.4, 0.5) is 0 Å². The molecule has 1 N–H and O–H groups in total. The van der Waals surface area contributed by atoms with E-state index in [-0.39, 0.29) is 17.4 Å². The van der Waals surface area contributed by atoms with Gasteiger partial charge in [0.05, 0.1) is 17.7 Å². The predicted octanol–water partition coefficient (Wildman–Crippen LogP) is 5.03. The Morgan fingerprint density at radius 1 is 1.12 bits per heavy atom. The van der Waals surface area contributed by atoms with Gasteiger partial charge in [0.1, 0.15) is 5.76 Å². The maximum atomic E-state index is 13.2. The molecule has 2 heterocycles. The van der Waals surface area contributed by atoms with Crippen LogP contribution in [0.25, 0.3) is 5.76 Å². The van der Waals surface area contributed by atoms with Crippen LogP contribution in [0.1, 0.15) is 66.5 Å². The Morgan fingerprint density at radius 3 is 2.47 bits per heavy atom. The van der Waals surface area contributed by atoms with Crippen LogP contribution in [0.3, 0.4) is 0 Å². The second kappa shape index (κ2) is 8.91. The molecule has 1 amide bonds. The number of aliphatic hydroxyl groups is 1. The van der Waals surface area contributed by atoms with Crippen LogP contribution in [0.15, 0.2) is 48.0 Å². The number of aliphatic hydroxyl groups excluding tert-OH is 1. The molecule has 32 heavy (non-hydrogen) atoms. The minimum absolute atomic E-state index is 0.0913. The SMILES string of the molecule is Cc1ccc(C)c(/C(O)=C2\C(=O)C(=O)N(CC3CCCO3)C2c2ccc(C(C)C)cc2)c1. The molecule has 0 radical (unpaired) electrons. The average molecular weight is 434 g/mol. The van der Waals surface area contributed by atoms with Crippen molar-refractivity contribution in [1.29, 1.82) is 0 Å². The van der Waals surface area contributed by atoms with Crippen molar-refractivity contribution in [2.45, 2.75) is 58.6 Å². The van der Waals surface area contributed by atoms with E-state index < -0.39 is 17.7 Å². The van der Waals surface area contributed by atoms with E-state index in [1.807, 2.05) is 56.3 Å². The van der Waals surface area contributed by atoms with Crippen molar-refractivity contribution in [1.82, 2.24) is 4.90 Å². The highest BCUT2D eigenvalue weighted by Crippen LogP contribution is 2.41. The molecule has 2 atom stereocenters. The van der Waals surface area contributed by atoms with E-state index in [1.165, 1.54) is 5.56 Å². The van der Waals surface area contributed by atoms with Gasteiger partial charge in [-0.05, 0) is 55.4 Å². The van der Waals surface area contributed by atoms with Gasteiger partial charge in [-0.1, -0.05) is 55.8 Å². The summed E-state index contributed by atoms with van der Waals surface area (Å²) in [4.78, 5) is 27.9. The van der Waals surface area contributed by atoms with Gasteiger partial charge >= 0.3 is 0 Å². The summed E-state index contributed by atoms with van der Waals surface area (Å²) < 4.78 is 5.76. The van der Waals surface area contributed by atoms with Crippen molar-refractivity contribution in [3.63, 3.8) is 0 Å². The third-order valence-electron chi connectivity index (χ3n) is 6.53. The van der Waals surface area contributed by atoms with Crippen LogP contribution in [-0.4, -0.2) is 41.0 Å². The molecule has 0 bridgehead atoms. The van der Waals surface area contributed by atoms with E-state index >= 15 is 0 Å². The molecule has 2 fully saturated rings. The summed E-state index contributed by atoms with van der Waals surface area (Å²) >= 11 is 0. The van der Waals surface area contributed by atoms with Crippen molar-refractivity contribution < 1.29 is 19.4 Å². The smallest absolute Gasteiger partial charge is 0.295 e. The molecule has 0 spiro atoms. The lowest BCUT2D eigenvalue weighted by molar-refractivity contribution is -0.140. The average Bonchev–Trinajstić information content (AvgIpc) is 3.37. The van der Waals surface area contributed by atoms with Crippen molar-refractivity contribution in [3.8, 4) is 0 Å². The van der Waals surface area contributed by atoms with Gasteiger partial charge in [0.2, 0.25) is 0 Å². The number of ether oxygens (including phenoxy) is 1. The topological polar surface area (TPSA) is 66.8 Å². The normalized spacial score (nSPS) is 22.8. The maximum Gasteiger partial charge on any atom is 0.295 e. The molecule has 2 aromatic rings. The molecule has 2 unspecified atom stereocenters. The summed E-state index contributed by atoms with van der Waals surface area (Å²) in [5, 5.41) is 11.3. The van der Waals surface area contributed by atoms with E-state index in [2.05, 4.69) is 13.8 Å². The number of Topliss-reactive ketones (excluding diaryl/α,β-unsaturated/α-hetero) is 1. The van der Waals surface area contributed by atoms with Crippen LogP contribution in [0, 0.1) is 13.8 Å². The Balaban J connectivity index is 1.84. The summed E-state index contributed by atoms with van der Waals surface area (Å²) in [5.74, 6) is -0.959. The highest BCUT2D eigenvalue weighted by molar-refractivity contribution is 6.46. The fourth-order valence-electron chi connectivity index (χ4n) is 4.62. The quantitative estimate of drug-likeness (QED) is 0.408. The van der Waals surface area contributed by atoms with Crippen LogP contribution < -0.4 is 0 Å². The van der Waals surface area contributed by atoms with Crippen LogP contribution >= 0.6 is 0 Å². The second-order valence-corrected chi connectivity index (χ2v) is 9.23. The zero-order chi connectivity index (χ0) is 23.0. The molecule has 2 aliphatic rings. The van der Waals surface area contributed by atoms with E-state index in [0.29, 0.717) is 24.6 Å². The zero-order valence-corrected chi connectivity index (χ0v) is 19.2. The molecule has 5 nitrogen and oxygen atoms in total. The third-order valence-corrected chi connectivity index (χ3v) is 6.53. The van der Waals surface area contributed by atoms with Gasteiger partial charge in [0, 0.05) is 18.7 Å². The highest BCUT2D eigenvalue weighted by atomic mass is 16.5. The molecule has 0 aliphatic carbocycles. The van der Waals surface area contributed by atoms with E-state index in [4.69, 9.17) is 4.74 Å². The number of carbonyl (C=O) groups excluding carboxylic acids is 2. The monoisotopic (exact) mass is 433 g/mol. The minimum atomic E-state index is -0.640. The Hall–Kier alpha value is -2.92. The number of ketones is 1. The Bertz CT molecular complexity index is 1060. The number of rotatable bonds is 5. The summed E-state index contributed by atoms with van der Waals surface area (Å²) in [5.41, 5.74) is 4.57. The molecule has 2 aliphatic heterocycles. The van der Waals surface area contributed by atoms with E-state index in [0.717, 1.165) is 29.5 Å². The molecule has 2 aromatic carbocycles. The Morgan fingerprint density at radius 2 is 1.84 bits per heavy atom. The molecule has 4 rings (SSSR count). The minimum Gasteiger partial charge on any atom is -0.507 e. The molecular formula is C27H31NO4. The number of hydrogen-bond donors (Lipinski definition) is 1. The fourth-order valence-corrected chi connectivity index (χ4v) is 4.62. The first kappa shape index (κ1) is 22.3. The van der Waals surface area contributed by atoms with Crippen molar-refractivity contribution in [2.24, 2.45) is 0 Å². The van der Waals surface area contributed by atoms with E-state index in [1.54, 1.807) is 4.90 Å². The number of amides is 1. The molecule has 5 heteroatoms. The first-order valence-corrected chi connectivity index (χ1v) is 11.4. The zero-order valence-electron chi connectivity index (χ0n) is 19.2. The van der Waals surface area contributed by atoms with Crippen LogP contribution in [0.2, 0.25) is 0 Å². The lowest BCUT2D eigenvalue weighted by Gasteiger charge is -2.28.